The van der Waals surface area contributed by atoms with Crippen LogP contribution < -0.4 is 10.2 Å². The van der Waals surface area contributed by atoms with E-state index in [0.29, 0.717) is 6.42 Å². The van der Waals surface area contributed by atoms with Crippen LogP contribution in [0.25, 0.3) is 0 Å². The van der Waals surface area contributed by atoms with Crippen molar-refractivity contribution in [1.82, 2.24) is 5.32 Å². The second-order valence-electron chi connectivity index (χ2n) is 6.99. The van der Waals surface area contributed by atoms with Gasteiger partial charge in [0.25, 0.3) is 0 Å². The van der Waals surface area contributed by atoms with Crippen LogP contribution in [0.3, 0.4) is 0 Å². The number of fused-ring (bicyclic) bond motifs is 1. The lowest BCUT2D eigenvalue weighted by atomic mass is 10.0. The summed E-state index contributed by atoms with van der Waals surface area (Å²) < 4.78 is 0. The molecule has 0 aliphatic carbocycles. The van der Waals surface area contributed by atoms with Crippen LogP contribution in [-0.2, 0) is 17.6 Å². The molecule has 3 nitrogen and oxygen atoms in total. The maximum Gasteiger partial charge on any atom is 0.220 e. The maximum absolute atomic E-state index is 12.0. The van der Waals surface area contributed by atoms with Crippen molar-refractivity contribution in [2.45, 2.75) is 39.5 Å². The van der Waals surface area contributed by atoms with Crippen molar-refractivity contribution in [3.05, 3.63) is 64.7 Å². The zero-order valence-corrected chi connectivity index (χ0v) is 15.3. The molecule has 0 radical (unpaired) electrons. The Kier molecular flexibility index (Phi) is 5.75. The quantitative estimate of drug-likeness (QED) is 0.780. The third-order valence-corrected chi connectivity index (χ3v) is 5.12. The first-order valence-electron chi connectivity index (χ1n) is 9.29. The van der Waals surface area contributed by atoms with Crippen LogP contribution in [0.15, 0.2) is 42.5 Å². The first kappa shape index (κ1) is 17.5. The van der Waals surface area contributed by atoms with E-state index in [1.807, 2.05) is 0 Å². The molecular formula is C22H28N2O. The molecule has 0 aromatic heterocycles. The smallest absolute Gasteiger partial charge is 0.220 e. The summed E-state index contributed by atoms with van der Waals surface area (Å²) >= 11 is 0. The molecule has 2 aromatic rings. The van der Waals surface area contributed by atoms with E-state index in [1.54, 1.807) is 0 Å². The van der Waals surface area contributed by atoms with Crippen LogP contribution in [0.5, 0.6) is 0 Å². The van der Waals surface area contributed by atoms with E-state index in [9.17, 15) is 4.79 Å². The number of hydrogen-bond acceptors (Lipinski definition) is 2. The number of aryl methyl sites for hydroxylation is 3. The highest BCUT2D eigenvalue weighted by atomic mass is 16.1. The largest absolute Gasteiger partial charge is 0.371 e. The fraction of sp³-hybridized carbons (Fsp3) is 0.409. The minimum Gasteiger partial charge on any atom is -0.371 e. The molecule has 25 heavy (non-hydrogen) atoms. The van der Waals surface area contributed by atoms with Gasteiger partial charge in [0, 0.05) is 31.7 Å². The zero-order valence-electron chi connectivity index (χ0n) is 15.3. The molecule has 3 heteroatoms. The maximum atomic E-state index is 12.0. The fourth-order valence-corrected chi connectivity index (χ4v) is 3.44. The van der Waals surface area contributed by atoms with Crippen molar-refractivity contribution >= 4 is 11.6 Å². The molecule has 1 amide bonds. The Balaban J connectivity index is 1.35. The molecule has 0 unspecified atom stereocenters. The van der Waals surface area contributed by atoms with E-state index >= 15 is 0 Å². The van der Waals surface area contributed by atoms with Gasteiger partial charge in [-0.15, -0.1) is 0 Å². The van der Waals surface area contributed by atoms with E-state index in [2.05, 4.69) is 66.5 Å². The Bertz CT molecular complexity index is 739. The topological polar surface area (TPSA) is 32.3 Å². The predicted molar refractivity (Wildman–Crippen MR) is 104 cm³/mol. The monoisotopic (exact) mass is 336 g/mol. The van der Waals surface area contributed by atoms with Crippen molar-refractivity contribution in [3.8, 4) is 0 Å². The molecule has 132 valence electrons. The molecule has 1 heterocycles. The van der Waals surface area contributed by atoms with Gasteiger partial charge in [-0.25, -0.2) is 0 Å². The van der Waals surface area contributed by atoms with Gasteiger partial charge in [0.1, 0.15) is 0 Å². The second-order valence-corrected chi connectivity index (χ2v) is 6.99. The molecular weight excluding hydrogens is 308 g/mol. The summed E-state index contributed by atoms with van der Waals surface area (Å²) in [6, 6.07) is 15.1. The first-order chi connectivity index (χ1) is 12.1. The molecule has 0 saturated carbocycles. The summed E-state index contributed by atoms with van der Waals surface area (Å²) in [5.41, 5.74) is 6.65. The number of anilines is 1. The predicted octanol–water partition coefficient (Wildman–Crippen LogP) is 3.81. The Morgan fingerprint density at radius 2 is 1.96 bits per heavy atom. The molecule has 1 aliphatic heterocycles. The van der Waals surface area contributed by atoms with Gasteiger partial charge in [-0.2, -0.15) is 0 Å². The fourth-order valence-electron chi connectivity index (χ4n) is 3.44. The first-order valence-corrected chi connectivity index (χ1v) is 9.29. The highest BCUT2D eigenvalue weighted by Gasteiger charge is 2.17. The molecule has 0 bridgehead atoms. The van der Waals surface area contributed by atoms with Crippen LogP contribution >= 0.6 is 0 Å². The summed E-state index contributed by atoms with van der Waals surface area (Å²) in [6.45, 7) is 7.10. The minimum atomic E-state index is 0.153. The Labute approximate surface area is 151 Å². The van der Waals surface area contributed by atoms with Crippen molar-refractivity contribution < 1.29 is 4.79 Å². The highest BCUT2D eigenvalue weighted by molar-refractivity contribution is 5.76. The molecule has 3 rings (SSSR count). The molecule has 2 aromatic carbocycles. The van der Waals surface area contributed by atoms with Gasteiger partial charge < -0.3 is 10.2 Å². The molecule has 1 N–H and O–H groups in total. The van der Waals surface area contributed by atoms with Crippen LogP contribution in [0.4, 0.5) is 5.69 Å². The van der Waals surface area contributed by atoms with Crippen LogP contribution in [0, 0.1) is 13.8 Å². The molecule has 0 atom stereocenters. The van der Waals surface area contributed by atoms with Gasteiger partial charge in [0.2, 0.25) is 5.91 Å². The van der Waals surface area contributed by atoms with Gasteiger partial charge in [-0.1, -0.05) is 36.4 Å². The standard InChI is InChI=1S/C22H28N2O/c1-17-8-9-19(16-18(17)2)10-11-22(25)23-13-5-14-24-15-12-20-6-3-4-7-21(20)24/h3-4,6-9,16H,5,10-15H2,1-2H3,(H,23,25). The average Bonchev–Trinajstić information content (AvgIpc) is 3.03. The molecule has 0 fully saturated rings. The van der Waals surface area contributed by atoms with E-state index < -0.39 is 0 Å². The number of carbonyl (C=O) groups is 1. The van der Waals surface area contributed by atoms with Crippen molar-refractivity contribution in [2.75, 3.05) is 24.5 Å². The lowest BCUT2D eigenvalue weighted by Crippen LogP contribution is -2.29. The average molecular weight is 336 g/mol. The lowest BCUT2D eigenvalue weighted by Gasteiger charge is -2.19. The van der Waals surface area contributed by atoms with Gasteiger partial charge in [-0.3, -0.25) is 4.79 Å². The highest BCUT2D eigenvalue weighted by Crippen LogP contribution is 2.27. The molecule has 0 saturated heterocycles. The number of hydrogen-bond donors (Lipinski definition) is 1. The van der Waals surface area contributed by atoms with Crippen LogP contribution in [0.1, 0.15) is 35.1 Å². The van der Waals surface area contributed by atoms with Crippen LogP contribution in [0.2, 0.25) is 0 Å². The number of nitrogens with zero attached hydrogens (tertiary/aromatic N) is 1. The summed E-state index contributed by atoms with van der Waals surface area (Å²) in [6.07, 6.45) is 3.50. The van der Waals surface area contributed by atoms with Crippen molar-refractivity contribution in [3.63, 3.8) is 0 Å². The Morgan fingerprint density at radius 1 is 1.12 bits per heavy atom. The third kappa shape index (κ3) is 4.62. The van der Waals surface area contributed by atoms with E-state index in [1.165, 1.54) is 27.9 Å². The summed E-state index contributed by atoms with van der Waals surface area (Å²) in [5.74, 6) is 0.153. The number of para-hydroxylation sites is 1. The zero-order chi connectivity index (χ0) is 17.6. The van der Waals surface area contributed by atoms with Gasteiger partial charge in [0.05, 0.1) is 0 Å². The number of rotatable bonds is 7. The normalized spacial score (nSPS) is 13.0. The van der Waals surface area contributed by atoms with Gasteiger partial charge in [0.15, 0.2) is 0 Å². The summed E-state index contributed by atoms with van der Waals surface area (Å²) in [7, 11) is 0. The van der Waals surface area contributed by atoms with Gasteiger partial charge >= 0.3 is 0 Å². The number of carbonyl (C=O) groups excluding carboxylic acids is 1. The van der Waals surface area contributed by atoms with E-state index in [4.69, 9.17) is 0 Å². The third-order valence-electron chi connectivity index (χ3n) is 5.12. The number of nitrogens with one attached hydrogen (secondary N) is 1. The SMILES string of the molecule is Cc1ccc(CCC(=O)NCCCN2CCc3ccccc32)cc1C. The molecule has 1 aliphatic rings. The second kappa shape index (κ2) is 8.19. The number of benzene rings is 2. The van der Waals surface area contributed by atoms with E-state index in [-0.39, 0.29) is 5.91 Å². The van der Waals surface area contributed by atoms with E-state index in [0.717, 1.165) is 38.9 Å². The molecule has 0 spiro atoms. The van der Waals surface area contributed by atoms with Crippen molar-refractivity contribution in [2.24, 2.45) is 0 Å². The van der Waals surface area contributed by atoms with Crippen LogP contribution in [-0.4, -0.2) is 25.5 Å². The van der Waals surface area contributed by atoms with Crippen molar-refractivity contribution in [1.29, 1.82) is 0 Å². The Hall–Kier alpha value is -2.29. The minimum absolute atomic E-state index is 0.153. The van der Waals surface area contributed by atoms with Gasteiger partial charge in [-0.05, 0) is 61.4 Å². The lowest BCUT2D eigenvalue weighted by molar-refractivity contribution is -0.121. The number of amides is 1. The summed E-state index contributed by atoms with van der Waals surface area (Å²) in [4.78, 5) is 14.5. The Morgan fingerprint density at radius 3 is 2.80 bits per heavy atom. The summed E-state index contributed by atoms with van der Waals surface area (Å²) in [5, 5.41) is 3.06.